The number of benzene rings is 2. The Balaban J connectivity index is 1.90. The Morgan fingerprint density at radius 3 is 2.22 bits per heavy atom. The monoisotopic (exact) mass is 501 g/mol. The minimum Gasteiger partial charge on any atom is -0.493 e. The number of nitrogens with zero attached hydrogens (tertiary/aromatic N) is 1. The predicted molar refractivity (Wildman–Crippen MR) is 142 cm³/mol. The number of unbranched alkanes of at least 4 members (excludes halogenated alkanes) is 5. The lowest BCUT2D eigenvalue weighted by atomic mass is 10.1. The third kappa shape index (κ3) is 9.61. The van der Waals surface area contributed by atoms with Crippen molar-refractivity contribution >= 4 is 17.6 Å². The molecule has 0 spiro atoms. The number of carbonyl (C=O) groups excluding carboxylic acids is 2. The van der Waals surface area contributed by atoms with Gasteiger partial charge in [0.2, 0.25) is 0 Å². The van der Waals surface area contributed by atoms with Crippen LogP contribution in [0.1, 0.15) is 80.0 Å². The summed E-state index contributed by atoms with van der Waals surface area (Å²) in [4.78, 5) is 25.2. The second-order valence-corrected chi connectivity index (χ2v) is 9.40. The third-order valence-corrected chi connectivity index (χ3v) is 6.71. The SMILES string of the molecule is CCCCCCCCOc1cc(F)ccc1C(=O)Nc1ccc(C(=O)OCC[N+](C)(CC)CC)cc1. The van der Waals surface area contributed by atoms with Gasteiger partial charge in [0.25, 0.3) is 5.91 Å². The average Bonchev–Trinajstić information content (AvgIpc) is 2.88. The van der Waals surface area contributed by atoms with E-state index in [4.69, 9.17) is 9.47 Å². The van der Waals surface area contributed by atoms with Crippen molar-refractivity contribution in [2.24, 2.45) is 0 Å². The molecule has 0 bridgehead atoms. The number of hydrogen-bond donors (Lipinski definition) is 1. The van der Waals surface area contributed by atoms with Crippen LogP contribution in [0.3, 0.4) is 0 Å². The van der Waals surface area contributed by atoms with Gasteiger partial charge in [-0.05, 0) is 56.7 Å². The summed E-state index contributed by atoms with van der Waals surface area (Å²) in [5.41, 5.74) is 1.20. The number of esters is 1. The number of likely N-dealkylation sites (N-methyl/N-ethyl adjacent to an activating group) is 1. The molecule has 0 aliphatic heterocycles. The second-order valence-electron chi connectivity index (χ2n) is 9.40. The largest absolute Gasteiger partial charge is 0.493 e. The lowest BCUT2D eigenvalue weighted by Gasteiger charge is -2.31. The van der Waals surface area contributed by atoms with Gasteiger partial charge in [0.15, 0.2) is 0 Å². The maximum absolute atomic E-state index is 13.8. The van der Waals surface area contributed by atoms with E-state index < -0.39 is 17.7 Å². The van der Waals surface area contributed by atoms with Crippen molar-refractivity contribution in [2.45, 2.75) is 59.3 Å². The molecule has 36 heavy (non-hydrogen) atoms. The minimum atomic E-state index is -0.454. The summed E-state index contributed by atoms with van der Waals surface area (Å²) >= 11 is 0. The highest BCUT2D eigenvalue weighted by atomic mass is 19.1. The molecule has 2 aromatic carbocycles. The van der Waals surface area contributed by atoms with E-state index in [0.29, 0.717) is 24.5 Å². The van der Waals surface area contributed by atoms with Gasteiger partial charge >= 0.3 is 5.97 Å². The third-order valence-electron chi connectivity index (χ3n) is 6.71. The van der Waals surface area contributed by atoms with Crippen LogP contribution in [0.4, 0.5) is 10.1 Å². The minimum absolute atomic E-state index is 0.228. The number of ether oxygens (including phenoxy) is 2. The number of quaternary nitrogens is 1. The van der Waals surface area contributed by atoms with Gasteiger partial charge in [0.05, 0.1) is 37.9 Å². The van der Waals surface area contributed by atoms with E-state index in [1.54, 1.807) is 24.3 Å². The Morgan fingerprint density at radius 1 is 0.889 bits per heavy atom. The second kappa shape index (κ2) is 15.2. The van der Waals surface area contributed by atoms with Gasteiger partial charge in [0.1, 0.15) is 24.7 Å². The van der Waals surface area contributed by atoms with Gasteiger partial charge in [-0.15, -0.1) is 0 Å². The molecule has 0 saturated carbocycles. The Bertz CT molecular complexity index is 958. The molecule has 6 nitrogen and oxygen atoms in total. The van der Waals surface area contributed by atoms with Crippen LogP contribution in [0, 0.1) is 5.82 Å². The fourth-order valence-corrected chi connectivity index (χ4v) is 3.74. The number of amides is 1. The number of hydrogen-bond acceptors (Lipinski definition) is 4. The van der Waals surface area contributed by atoms with E-state index in [1.807, 2.05) is 0 Å². The molecule has 0 saturated heterocycles. The van der Waals surface area contributed by atoms with Gasteiger partial charge in [-0.1, -0.05) is 39.0 Å². The van der Waals surface area contributed by atoms with Gasteiger partial charge in [-0.2, -0.15) is 0 Å². The maximum atomic E-state index is 13.8. The van der Waals surface area contributed by atoms with Crippen LogP contribution in [0.5, 0.6) is 5.75 Å². The normalized spacial score (nSPS) is 11.2. The molecule has 2 rings (SSSR count). The molecule has 0 atom stereocenters. The summed E-state index contributed by atoms with van der Waals surface area (Å²) in [5.74, 6) is -1.02. The number of nitrogens with one attached hydrogen (secondary N) is 1. The van der Waals surface area contributed by atoms with Gasteiger partial charge in [0, 0.05) is 11.8 Å². The van der Waals surface area contributed by atoms with Crippen LogP contribution in [0.2, 0.25) is 0 Å². The summed E-state index contributed by atoms with van der Waals surface area (Å²) in [7, 11) is 2.14. The summed E-state index contributed by atoms with van der Waals surface area (Å²) in [5, 5.41) is 2.79. The van der Waals surface area contributed by atoms with Crippen molar-refractivity contribution in [3.05, 3.63) is 59.4 Å². The lowest BCUT2D eigenvalue weighted by molar-refractivity contribution is -0.906. The maximum Gasteiger partial charge on any atom is 0.338 e. The Kier molecular flexibility index (Phi) is 12.4. The first-order chi connectivity index (χ1) is 17.3. The molecule has 0 aliphatic carbocycles. The smallest absolute Gasteiger partial charge is 0.338 e. The first kappa shape index (κ1) is 29.3. The molecule has 0 fully saturated rings. The van der Waals surface area contributed by atoms with Crippen molar-refractivity contribution in [1.82, 2.24) is 0 Å². The molecule has 1 N–H and O–H groups in total. The summed E-state index contributed by atoms with van der Waals surface area (Å²) < 4.78 is 25.8. The van der Waals surface area contributed by atoms with E-state index in [-0.39, 0.29) is 11.3 Å². The first-order valence-corrected chi connectivity index (χ1v) is 13.2. The average molecular weight is 502 g/mol. The Labute approximate surface area is 215 Å². The molecule has 0 aromatic heterocycles. The highest BCUT2D eigenvalue weighted by molar-refractivity contribution is 6.06. The van der Waals surface area contributed by atoms with Crippen LogP contribution in [0.15, 0.2) is 42.5 Å². The van der Waals surface area contributed by atoms with E-state index >= 15 is 0 Å². The first-order valence-electron chi connectivity index (χ1n) is 13.2. The molecular weight excluding hydrogens is 459 g/mol. The molecule has 0 radical (unpaired) electrons. The lowest BCUT2D eigenvalue weighted by Crippen LogP contribution is -2.46. The Morgan fingerprint density at radius 2 is 1.56 bits per heavy atom. The topological polar surface area (TPSA) is 64.6 Å². The number of anilines is 1. The standard InChI is InChI=1S/C29H41FN2O4/c1-5-8-9-10-11-12-20-35-27-22-24(30)15-18-26(27)28(33)31-25-16-13-23(14-17-25)29(34)36-21-19-32(4,6-2)7-3/h13-18,22H,5-12,19-21H2,1-4H3/p+1. The molecule has 2 aromatic rings. The van der Waals surface area contributed by atoms with Crippen molar-refractivity contribution in [2.75, 3.05) is 45.2 Å². The van der Waals surface area contributed by atoms with Crippen molar-refractivity contribution in [3.63, 3.8) is 0 Å². The molecule has 7 heteroatoms. The van der Waals surface area contributed by atoms with Gasteiger partial charge in [-0.3, -0.25) is 4.79 Å². The zero-order valence-electron chi connectivity index (χ0n) is 22.3. The van der Waals surface area contributed by atoms with Crippen molar-refractivity contribution in [3.8, 4) is 5.75 Å². The number of halogens is 1. The van der Waals surface area contributed by atoms with Crippen molar-refractivity contribution in [1.29, 1.82) is 0 Å². The fourth-order valence-electron chi connectivity index (χ4n) is 3.74. The predicted octanol–water partition coefficient (Wildman–Crippen LogP) is 6.46. The number of rotatable bonds is 16. The molecular formula is C29H42FN2O4+. The highest BCUT2D eigenvalue weighted by Gasteiger charge is 2.18. The number of carbonyl (C=O) groups is 2. The van der Waals surface area contributed by atoms with E-state index in [2.05, 4.69) is 33.1 Å². The highest BCUT2D eigenvalue weighted by Crippen LogP contribution is 2.22. The molecule has 0 unspecified atom stereocenters. The fraction of sp³-hybridized carbons (Fsp3) is 0.517. The Hall–Kier alpha value is -2.93. The van der Waals surface area contributed by atoms with Crippen LogP contribution >= 0.6 is 0 Å². The summed E-state index contributed by atoms with van der Waals surface area (Å²) in [6.45, 7) is 9.91. The van der Waals surface area contributed by atoms with Crippen LogP contribution in [-0.2, 0) is 4.74 Å². The molecule has 0 aliphatic rings. The van der Waals surface area contributed by atoms with Crippen LogP contribution in [-0.4, -0.2) is 56.3 Å². The summed E-state index contributed by atoms with van der Waals surface area (Å²) in [6.07, 6.45) is 6.68. The zero-order valence-corrected chi connectivity index (χ0v) is 22.3. The zero-order chi connectivity index (χ0) is 26.4. The van der Waals surface area contributed by atoms with Gasteiger partial charge in [-0.25, -0.2) is 9.18 Å². The van der Waals surface area contributed by atoms with Crippen LogP contribution in [0.25, 0.3) is 0 Å². The summed E-state index contributed by atoms with van der Waals surface area (Å²) in [6, 6.07) is 10.4. The van der Waals surface area contributed by atoms with Crippen LogP contribution < -0.4 is 10.1 Å². The van der Waals surface area contributed by atoms with E-state index in [9.17, 15) is 14.0 Å². The van der Waals surface area contributed by atoms with Gasteiger partial charge < -0.3 is 19.3 Å². The molecule has 0 heterocycles. The van der Waals surface area contributed by atoms with E-state index in [0.717, 1.165) is 43.4 Å². The van der Waals surface area contributed by atoms with Crippen molar-refractivity contribution < 1.29 is 27.9 Å². The quantitative estimate of drug-likeness (QED) is 0.163. The molecule has 1 amide bonds. The molecule has 198 valence electrons. The van der Waals surface area contributed by atoms with E-state index in [1.165, 1.54) is 37.5 Å².